The van der Waals surface area contributed by atoms with Gasteiger partial charge in [-0.2, -0.15) is 0 Å². The molecule has 1 aromatic heterocycles. The van der Waals surface area contributed by atoms with E-state index >= 15 is 0 Å². The van der Waals surface area contributed by atoms with Gasteiger partial charge < -0.3 is 15.3 Å². The Morgan fingerprint density at radius 2 is 2.50 bits per heavy atom. The predicted molar refractivity (Wildman–Crippen MR) is 69.9 cm³/mol. The van der Waals surface area contributed by atoms with Gasteiger partial charge >= 0.3 is 0 Å². The third-order valence-corrected chi connectivity index (χ3v) is 3.49. The molecule has 2 heterocycles. The van der Waals surface area contributed by atoms with Crippen LogP contribution in [0.15, 0.2) is 12.3 Å². The highest BCUT2D eigenvalue weighted by atomic mass is 35.5. The third kappa shape index (κ3) is 2.42. The van der Waals surface area contributed by atoms with E-state index in [-0.39, 0.29) is 18.6 Å². The van der Waals surface area contributed by atoms with Crippen LogP contribution < -0.4 is 5.32 Å². The average Bonchev–Trinajstić information content (AvgIpc) is 2.86. The van der Waals surface area contributed by atoms with Crippen molar-refractivity contribution >= 4 is 23.3 Å². The number of aliphatic hydroxyl groups excluding tert-OH is 1. The lowest BCUT2D eigenvalue weighted by Gasteiger charge is -2.23. The zero-order valence-corrected chi connectivity index (χ0v) is 10.9. The van der Waals surface area contributed by atoms with Crippen molar-refractivity contribution in [3.05, 3.63) is 22.8 Å². The third-order valence-electron chi connectivity index (χ3n) is 3.19. The molecule has 98 valence electrons. The van der Waals surface area contributed by atoms with Crippen molar-refractivity contribution < 1.29 is 9.90 Å². The van der Waals surface area contributed by atoms with E-state index < -0.39 is 0 Å². The molecule has 5 nitrogen and oxygen atoms in total. The van der Waals surface area contributed by atoms with Gasteiger partial charge in [-0.3, -0.25) is 4.79 Å². The van der Waals surface area contributed by atoms with Gasteiger partial charge in [0.25, 0.3) is 5.91 Å². The number of nitrogens with zero attached hydrogens (tertiary/aromatic N) is 2. The number of carbonyl (C=O) groups is 1. The summed E-state index contributed by atoms with van der Waals surface area (Å²) in [7, 11) is 1.73. The molecule has 0 bridgehead atoms. The van der Waals surface area contributed by atoms with Crippen LogP contribution in [0.2, 0.25) is 5.02 Å². The summed E-state index contributed by atoms with van der Waals surface area (Å²) in [5.74, 6) is 0.456. The Kier molecular flexibility index (Phi) is 4.04. The van der Waals surface area contributed by atoms with Crippen LogP contribution in [0.25, 0.3) is 0 Å². The summed E-state index contributed by atoms with van der Waals surface area (Å²) in [4.78, 5) is 18.1. The fourth-order valence-corrected chi connectivity index (χ4v) is 2.37. The normalized spacial score (nSPS) is 19.1. The number of halogens is 1. The van der Waals surface area contributed by atoms with E-state index in [0.717, 1.165) is 12.8 Å². The van der Waals surface area contributed by atoms with Gasteiger partial charge in [-0.1, -0.05) is 11.6 Å². The Morgan fingerprint density at radius 1 is 1.72 bits per heavy atom. The van der Waals surface area contributed by atoms with Crippen LogP contribution in [0.3, 0.4) is 0 Å². The highest BCUT2D eigenvalue weighted by Crippen LogP contribution is 2.24. The monoisotopic (exact) mass is 269 g/mol. The van der Waals surface area contributed by atoms with E-state index in [0.29, 0.717) is 22.9 Å². The number of likely N-dealkylation sites (tertiary alicyclic amines) is 1. The number of rotatable bonds is 3. The van der Waals surface area contributed by atoms with E-state index in [1.54, 1.807) is 18.0 Å². The molecule has 1 aliphatic heterocycles. The Labute approximate surface area is 111 Å². The molecular weight excluding hydrogens is 254 g/mol. The second kappa shape index (κ2) is 5.54. The first-order valence-electron chi connectivity index (χ1n) is 5.92. The second-order valence-electron chi connectivity index (χ2n) is 4.28. The first kappa shape index (κ1) is 13.1. The number of pyridine rings is 1. The molecule has 18 heavy (non-hydrogen) atoms. The van der Waals surface area contributed by atoms with Crippen LogP contribution in [0.5, 0.6) is 0 Å². The van der Waals surface area contributed by atoms with Crippen molar-refractivity contribution in [1.29, 1.82) is 0 Å². The maximum absolute atomic E-state index is 12.4. The molecule has 0 aromatic carbocycles. The zero-order valence-electron chi connectivity index (χ0n) is 10.2. The number of carbonyl (C=O) groups excluding carboxylic acids is 1. The van der Waals surface area contributed by atoms with Gasteiger partial charge in [0.15, 0.2) is 0 Å². The zero-order chi connectivity index (χ0) is 13.1. The fourth-order valence-electron chi connectivity index (χ4n) is 2.19. The lowest BCUT2D eigenvalue weighted by Crippen LogP contribution is -2.37. The maximum Gasteiger partial charge on any atom is 0.255 e. The quantitative estimate of drug-likeness (QED) is 0.870. The topological polar surface area (TPSA) is 65.5 Å². The first-order chi connectivity index (χ1) is 8.67. The van der Waals surface area contributed by atoms with E-state index in [2.05, 4.69) is 10.3 Å². The summed E-state index contributed by atoms with van der Waals surface area (Å²) in [5, 5.41) is 12.5. The number of anilines is 1. The summed E-state index contributed by atoms with van der Waals surface area (Å²) in [6.07, 6.45) is 3.22. The minimum absolute atomic E-state index is 0.00662. The molecule has 2 rings (SSSR count). The molecule has 1 atom stereocenters. The summed E-state index contributed by atoms with van der Waals surface area (Å²) in [5.41, 5.74) is 0.427. The molecule has 6 heteroatoms. The van der Waals surface area contributed by atoms with Gasteiger partial charge in [-0.05, 0) is 18.9 Å². The van der Waals surface area contributed by atoms with E-state index in [4.69, 9.17) is 11.6 Å². The highest BCUT2D eigenvalue weighted by Gasteiger charge is 2.30. The molecule has 0 radical (unpaired) electrons. The molecule has 1 aliphatic rings. The molecule has 1 saturated heterocycles. The van der Waals surface area contributed by atoms with Crippen molar-refractivity contribution in [2.24, 2.45) is 0 Å². The Morgan fingerprint density at radius 3 is 3.17 bits per heavy atom. The van der Waals surface area contributed by atoms with Gasteiger partial charge in [0.05, 0.1) is 23.2 Å². The van der Waals surface area contributed by atoms with E-state index in [1.807, 2.05) is 0 Å². The molecule has 0 spiro atoms. The smallest absolute Gasteiger partial charge is 0.255 e. The van der Waals surface area contributed by atoms with Crippen molar-refractivity contribution in [3.8, 4) is 0 Å². The molecule has 1 aromatic rings. The summed E-state index contributed by atoms with van der Waals surface area (Å²) >= 11 is 6.02. The SMILES string of the molecule is CNc1cc(C(=O)N2CCCC2CO)c(Cl)cn1. The lowest BCUT2D eigenvalue weighted by atomic mass is 10.2. The van der Waals surface area contributed by atoms with Crippen molar-refractivity contribution in [2.75, 3.05) is 25.5 Å². The molecule has 1 amide bonds. The Hall–Kier alpha value is -1.33. The Balaban J connectivity index is 2.27. The molecule has 0 aliphatic carbocycles. The number of amides is 1. The molecular formula is C12H16ClN3O2. The number of nitrogens with one attached hydrogen (secondary N) is 1. The van der Waals surface area contributed by atoms with Gasteiger partial charge in [0.1, 0.15) is 5.82 Å². The molecule has 0 saturated carbocycles. The number of hydrogen-bond acceptors (Lipinski definition) is 4. The van der Waals surface area contributed by atoms with Gasteiger partial charge in [-0.15, -0.1) is 0 Å². The van der Waals surface area contributed by atoms with E-state index in [9.17, 15) is 9.90 Å². The molecule has 1 fully saturated rings. The van der Waals surface area contributed by atoms with Crippen LogP contribution in [0, 0.1) is 0 Å². The minimum Gasteiger partial charge on any atom is -0.394 e. The summed E-state index contributed by atoms with van der Waals surface area (Å²) in [6.45, 7) is 0.658. The van der Waals surface area contributed by atoms with Gasteiger partial charge in [-0.25, -0.2) is 4.98 Å². The number of aromatic nitrogens is 1. The van der Waals surface area contributed by atoms with Crippen LogP contribution in [-0.2, 0) is 0 Å². The summed E-state index contributed by atoms with van der Waals surface area (Å²) in [6, 6.07) is 1.54. The minimum atomic E-state index is -0.143. The Bertz CT molecular complexity index is 453. The summed E-state index contributed by atoms with van der Waals surface area (Å²) < 4.78 is 0. The molecule has 1 unspecified atom stereocenters. The molecule has 2 N–H and O–H groups in total. The number of aliphatic hydroxyl groups is 1. The first-order valence-corrected chi connectivity index (χ1v) is 6.30. The van der Waals surface area contributed by atoms with Crippen LogP contribution >= 0.6 is 11.6 Å². The maximum atomic E-state index is 12.4. The van der Waals surface area contributed by atoms with Crippen molar-refractivity contribution in [2.45, 2.75) is 18.9 Å². The number of hydrogen-bond donors (Lipinski definition) is 2. The highest BCUT2D eigenvalue weighted by molar-refractivity contribution is 6.33. The van der Waals surface area contributed by atoms with Gasteiger partial charge in [0.2, 0.25) is 0 Å². The van der Waals surface area contributed by atoms with Crippen LogP contribution in [-0.4, -0.2) is 47.1 Å². The largest absolute Gasteiger partial charge is 0.394 e. The van der Waals surface area contributed by atoms with Crippen LogP contribution in [0.4, 0.5) is 5.82 Å². The second-order valence-corrected chi connectivity index (χ2v) is 4.68. The standard InChI is InChI=1S/C12H16ClN3O2/c1-14-11-5-9(10(13)6-15-11)12(18)16-4-2-3-8(16)7-17/h5-6,8,17H,2-4,7H2,1H3,(H,14,15). The fraction of sp³-hybridized carbons (Fsp3) is 0.500. The predicted octanol–water partition coefficient (Wildman–Crippen LogP) is 1.37. The lowest BCUT2D eigenvalue weighted by molar-refractivity contribution is 0.0677. The van der Waals surface area contributed by atoms with E-state index in [1.165, 1.54) is 6.20 Å². The van der Waals surface area contributed by atoms with Crippen molar-refractivity contribution in [1.82, 2.24) is 9.88 Å². The van der Waals surface area contributed by atoms with Crippen molar-refractivity contribution in [3.63, 3.8) is 0 Å². The van der Waals surface area contributed by atoms with Gasteiger partial charge in [0, 0.05) is 19.8 Å². The average molecular weight is 270 g/mol. The van der Waals surface area contributed by atoms with Crippen LogP contribution in [0.1, 0.15) is 23.2 Å².